The van der Waals surface area contributed by atoms with E-state index in [0.29, 0.717) is 6.54 Å². The molecule has 0 atom stereocenters. The smallest absolute Gasteiger partial charge is 0.365 e. The van der Waals surface area contributed by atoms with Crippen molar-refractivity contribution in [3.05, 3.63) is 16.1 Å². The van der Waals surface area contributed by atoms with E-state index in [1.165, 1.54) is 35.7 Å². The van der Waals surface area contributed by atoms with Gasteiger partial charge in [-0.05, 0) is 36.8 Å². The molecule has 0 amide bonds. The predicted molar refractivity (Wildman–Crippen MR) is 70.8 cm³/mol. The van der Waals surface area contributed by atoms with Crippen LogP contribution in [0.1, 0.15) is 28.3 Å². The fourth-order valence-corrected chi connectivity index (χ4v) is 3.70. The molecule has 0 bridgehead atoms. The molecule has 2 rings (SSSR count). The van der Waals surface area contributed by atoms with Crippen molar-refractivity contribution < 1.29 is 9.90 Å². The number of nitrogens with one attached hydrogen (secondary N) is 1. The van der Waals surface area contributed by atoms with Gasteiger partial charge in [-0.15, -0.1) is 11.3 Å². The van der Waals surface area contributed by atoms with E-state index in [1.807, 2.05) is 17.1 Å². The molecule has 6 heteroatoms. The average molecular weight is 272 g/mol. The Morgan fingerprint density at radius 2 is 2.29 bits per heavy atom. The zero-order chi connectivity index (χ0) is 12.1. The zero-order valence-corrected chi connectivity index (χ0v) is 11.1. The van der Waals surface area contributed by atoms with Gasteiger partial charge < -0.3 is 10.4 Å². The fraction of sp³-hybridized carbons (Fsp3) is 0.636. The molecule has 0 aromatic carbocycles. The fourth-order valence-electron chi connectivity index (χ4n) is 1.84. The quantitative estimate of drug-likeness (QED) is 0.859. The lowest BCUT2D eigenvalue weighted by atomic mass is 10.0. The minimum absolute atomic E-state index is 0.177. The first kappa shape index (κ1) is 12.9. The second kappa shape index (κ2) is 6.37. The first-order valence-corrected chi connectivity index (χ1v) is 7.75. The largest absolute Gasteiger partial charge is 0.476 e. The summed E-state index contributed by atoms with van der Waals surface area (Å²) in [4.78, 5) is 14.7. The van der Waals surface area contributed by atoms with Gasteiger partial charge in [0.05, 0.1) is 5.69 Å². The Hall–Kier alpha value is -0.590. The number of aromatic carboxylic acids is 1. The molecular formula is C11H16N2O2S2. The Morgan fingerprint density at radius 1 is 1.53 bits per heavy atom. The number of hydrogen-bond donors (Lipinski definition) is 2. The van der Waals surface area contributed by atoms with E-state index in [0.717, 1.165) is 18.2 Å². The lowest BCUT2D eigenvalue weighted by Gasteiger charge is -2.21. The number of nitrogens with zero attached hydrogens (tertiary/aromatic N) is 1. The van der Waals surface area contributed by atoms with Crippen LogP contribution in [0.25, 0.3) is 0 Å². The summed E-state index contributed by atoms with van der Waals surface area (Å²) in [5, 5.41) is 14.1. The lowest BCUT2D eigenvalue weighted by Crippen LogP contribution is -2.25. The number of rotatable bonds is 5. The molecule has 1 aliphatic heterocycles. The first-order chi connectivity index (χ1) is 8.25. The standard InChI is InChI=1S/C11H16N2O2S2/c14-11(15)10-13-9(7-17-10)6-12-5-8-1-3-16-4-2-8/h7-8,12H,1-6H2,(H,14,15). The summed E-state index contributed by atoms with van der Waals surface area (Å²) in [6, 6.07) is 0. The van der Waals surface area contributed by atoms with Crippen molar-refractivity contribution in [1.29, 1.82) is 0 Å². The number of thiazole rings is 1. The van der Waals surface area contributed by atoms with Crippen LogP contribution < -0.4 is 5.32 Å². The highest BCUT2D eigenvalue weighted by atomic mass is 32.2. The van der Waals surface area contributed by atoms with Crippen LogP contribution in [0.4, 0.5) is 0 Å². The third-order valence-corrected chi connectivity index (χ3v) is 4.74. The summed E-state index contributed by atoms with van der Waals surface area (Å²) in [5.41, 5.74) is 0.831. The highest BCUT2D eigenvalue weighted by molar-refractivity contribution is 7.99. The van der Waals surface area contributed by atoms with Crippen LogP contribution in [-0.2, 0) is 6.54 Å². The Bertz CT molecular complexity index is 375. The molecule has 2 N–H and O–H groups in total. The Kier molecular flexibility index (Phi) is 4.82. The van der Waals surface area contributed by atoms with Crippen molar-refractivity contribution in [2.45, 2.75) is 19.4 Å². The molecule has 94 valence electrons. The molecule has 1 aromatic rings. The van der Waals surface area contributed by atoms with E-state index in [-0.39, 0.29) is 5.01 Å². The molecule has 0 unspecified atom stereocenters. The normalized spacial score (nSPS) is 17.2. The summed E-state index contributed by atoms with van der Waals surface area (Å²) in [5.74, 6) is 2.37. The number of aromatic nitrogens is 1. The second-order valence-electron chi connectivity index (χ2n) is 4.14. The van der Waals surface area contributed by atoms with E-state index in [4.69, 9.17) is 5.11 Å². The predicted octanol–water partition coefficient (Wildman–Crippen LogP) is 2.07. The summed E-state index contributed by atoms with van der Waals surface area (Å²) >= 11 is 3.22. The van der Waals surface area contributed by atoms with E-state index >= 15 is 0 Å². The van der Waals surface area contributed by atoms with Crippen LogP contribution >= 0.6 is 23.1 Å². The third kappa shape index (κ3) is 3.97. The van der Waals surface area contributed by atoms with Crippen LogP contribution in [-0.4, -0.2) is 34.1 Å². The van der Waals surface area contributed by atoms with E-state index < -0.39 is 5.97 Å². The van der Waals surface area contributed by atoms with Gasteiger partial charge >= 0.3 is 5.97 Å². The number of carbonyl (C=O) groups is 1. The highest BCUT2D eigenvalue weighted by Gasteiger charge is 2.13. The van der Waals surface area contributed by atoms with Crippen molar-refractivity contribution in [2.24, 2.45) is 5.92 Å². The first-order valence-electron chi connectivity index (χ1n) is 5.72. The molecule has 1 aromatic heterocycles. The Labute approximate surface area is 109 Å². The molecule has 0 saturated carbocycles. The monoisotopic (exact) mass is 272 g/mol. The lowest BCUT2D eigenvalue weighted by molar-refractivity contribution is 0.0696. The summed E-state index contributed by atoms with van der Waals surface area (Å²) in [7, 11) is 0. The molecule has 17 heavy (non-hydrogen) atoms. The maximum Gasteiger partial charge on any atom is 0.365 e. The molecule has 1 aliphatic rings. The van der Waals surface area contributed by atoms with Gasteiger partial charge in [-0.25, -0.2) is 9.78 Å². The molecule has 0 spiro atoms. The van der Waals surface area contributed by atoms with Crippen molar-refractivity contribution in [3.8, 4) is 0 Å². The van der Waals surface area contributed by atoms with Crippen LogP contribution in [0, 0.1) is 5.92 Å². The van der Waals surface area contributed by atoms with Gasteiger partial charge in [0.2, 0.25) is 5.01 Å². The molecule has 0 aliphatic carbocycles. The van der Waals surface area contributed by atoms with Gasteiger partial charge in [-0.2, -0.15) is 11.8 Å². The van der Waals surface area contributed by atoms with Gasteiger partial charge in [0.15, 0.2) is 0 Å². The average Bonchev–Trinajstić information content (AvgIpc) is 2.79. The van der Waals surface area contributed by atoms with Gasteiger partial charge in [0.1, 0.15) is 0 Å². The van der Waals surface area contributed by atoms with Gasteiger partial charge in [0, 0.05) is 11.9 Å². The van der Waals surface area contributed by atoms with Crippen molar-refractivity contribution in [3.63, 3.8) is 0 Å². The van der Waals surface area contributed by atoms with Crippen LogP contribution in [0.15, 0.2) is 5.38 Å². The molecule has 4 nitrogen and oxygen atoms in total. The van der Waals surface area contributed by atoms with Gasteiger partial charge in [0.25, 0.3) is 0 Å². The van der Waals surface area contributed by atoms with Crippen LogP contribution in [0.3, 0.4) is 0 Å². The Balaban J connectivity index is 1.71. The van der Waals surface area contributed by atoms with Gasteiger partial charge in [-0.1, -0.05) is 0 Å². The zero-order valence-electron chi connectivity index (χ0n) is 9.52. The SMILES string of the molecule is O=C(O)c1nc(CNCC2CCSCC2)cs1. The summed E-state index contributed by atoms with van der Waals surface area (Å²) in [6.45, 7) is 1.69. The third-order valence-electron chi connectivity index (χ3n) is 2.81. The van der Waals surface area contributed by atoms with Crippen molar-refractivity contribution >= 4 is 29.1 Å². The minimum atomic E-state index is -0.939. The van der Waals surface area contributed by atoms with Crippen molar-refractivity contribution in [1.82, 2.24) is 10.3 Å². The Morgan fingerprint density at radius 3 is 2.94 bits per heavy atom. The van der Waals surface area contributed by atoms with E-state index in [9.17, 15) is 4.79 Å². The molecule has 1 fully saturated rings. The number of carboxylic acids is 1. The van der Waals surface area contributed by atoms with E-state index in [1.54, 1.807) is 0 Å². The number of carboxylic acid groups (broad SMARTS) is 1. The van der Waals surface area contributed by atoms with Crippen LogP contribution in [0.2, 0.25) is 0 Å². The minimum Gasteiger partial charge on any atom is -0.476 e. The molecular weight excluding hydrogens is 256 g/mol. The molecule has 2 heterocycles. The molecule has 0 radical (unpaired) electrons. The van der Waals surface area contributed by atoms with Crippen molar-refractivity contribution in [2.75, 3.05) is 18.1 Å². The number of hydrogen-bond acceptors (Lipinski definition) is 5. The maximum atomic E-state index is 10.7. The summed E-state index contributed by atoms with van der Waals surface area (Å²) < 4.78 is 0. The second-order valence-corrected chi connectivity index (χ2v) is 6.22. The van der Waals surface area contributed by atoms with Crippen LogP contribution in [0.5, 0.6) is 0 Å². The van der Waals surface area contributed by atoms with Gasteiger partial charge in [-0.3, -0.25) is 0 Å². The maximum absolute atomic E-state index is 10.7. The topological polar surface area (TPSA) is 62.2 Å². The summed E-state index contributed by atoms with van der Waals surface area (Å²) in [6.07, 6.45) is 2.57. The highest BCUT2D eigenvalue weighted by Crippen LogP contribution is 2.21. The van der Waals surface area contributed by atoms with E-state index in [2.05, 4.69) is 10.3 Å². The number of thioether (sulfide) groups is 1. The molecule has 1 saturated heterocycles.